The van der Waals surface area contributed by atoms with E-state index in [4.69, 9.17) is 4.74 Å². The number of ether oxygens (including phenoxy) is 1. The van der Waals surface area contributed by atoms with Gasteiger partial charge in [0.2, 0.25) is 0 Å². The number of hydrogen-bond acceptors (Lipinski definition) is 2. The van der Waals surface area contributed by atoms with E-state index in [0.29, 0.717) is 6.42 Å². The van der Waals surface area contributed by atoms with Crippen molar-refractivity contribution in [3.8, 4) is 0 Å². The van der Waals surface area contributed by atoms with Crippen LogP contribution in [-0.2, 0) is 9.53 Å². The highest BCUT2D eigenvalue weighted by Crippen LogP contribution is 2.30. The van der Waals surface area contributed by atoms with Crippen LogP contribution in [-0.4, -0.2) is 12.1 Å². The molecule has 1 saturated carbocycles. The molecule has 2 nitrogen and oxygen atoms in total. The molecule has 0 aliphatic heterocycles. The van der Waals surface area contributed by atoms with Crippen LogP contribution in [0.4, 0.5) is 0 Å². The van der Waals surface area contributed by atoms with Gasteiger partial charge >= 0.3 is 5.97 Å². The quantitative estimate of drug-likeness (QED) is 0.383. The molecule has 20 heavy (non-hydrogen) atoms. The first kappa shape index (κ1) is 17.5. The fraction of sp³-hybridized carbons (Fsp3) is 0.944. The molecule has 0 unspecified atom stereocenters. The Morgan fingerprint density at radius 2 is 1.50 bits per heavy atom. The van der Waals surface area contributed by atoms with E-state index in [1.165, 1.54) is 64.2 Å². The van der Waals surface area contributed by atoms with Gasteiger partial charge in [0.1, 0.15) is 6.10 Å². The van der Waals surface area contributed by atoms with Crippen LogP contribution in [0, 0.1) is 5.92 Å². The molecular formula is C18H34O2. The zero-order valence-corrected chi connectivity index (χ0v) is 13.7. The lowest BCUT2D eigenvalue weighted by Crippen LogP contribution is -2.24. The first-order valence-electron chi connectivity index (χ1n) is 8.95. The zero-order valence-electron chi connectivity index (χ0n) is 13.7. The van der Waals surface area contributed by atoms with Crippen LogP contribution in [0.5, 0.6) is 0 Å². The maximum atomic E-state index is 11.3. The second kappa shape index (κ2) is 11.2. The molecule has 0 radical (unpaired) electrons. The lowest BCUT2D eigenvalue weighted by molar-refractivity contribution is -0.150. The predicted molar refractivity (Wildman–Crippen MR) is 84.7 cm³/mol. The summed E-state index contributed by atoms with van der Waals surface area (Å²) in [6.45, 7) is 4.14. The van der Waals surface area contributed by atoms with Gasteiger partial charge in [-0.15, -0.1) is 0 Å². The smallest absolute Gasteiger partial charge is 0.305 e. The Morgan fingerprint density at radius 1 is 0.900 bits per heavy atom. The number of rotatable bonds is 10. The van der Waals surface area contributed by atoms with Crippen LogP contribution in [0.25, 0.3) is 0 Å². The molecule has 1 fully saturated rings. The monoisotopic (exact) mass is 282 g/mol. The molecule has 0 atom stereocenters. The summed E-state index contributed by atoms with van der Waals surface area (Å²) >= 11 is 0. The van der Waals surface area contributed by atoms with Gasteiger partial charge in [0.05, 0.1) is 0 Å². The molecule has 0 saturated heterocycles. The topological polar surface area (TPSA) is 26.3 Å². The van der Waals surface area contributed by atoms with Crippen molar-refractivity contribution < 1.29 is 9.53 Å². The molecule has 0 heterocycles. The third-order valence-electron chi connectivity index (χ3n) is 4.60. The van der Waals surface area contributed by atoms with Crippen LogP contribution < -0.4 is 0 Å². The van der Waals surface area contributed by atoms with Gasteiger partial charge in [-0.05, 0) is 31.6 Å². The minimum absolute atomic E-state index is 0.0273. The van der Waals surface area contributed by atoms with Crippen LogP contribution in [0.1, 0.15) is 97.3 Å². The average Bonchev–Trinajstić information content (AvgIpc) is 2.48. The van der Waals surface area contributed by atoms with Crippen molar-refractivity contribution in [1.29, 1.82) is 0 Å². The maximum absolute atomic E-state index is 11.3. The van der Waals surface area contributed by atoms with Crippen LogP contribution in [0.15, 0.2) is 0 Å². The van der Waals surface area contributed by atoms with E-state index in [2.05, 4.69) is 6.92 Å². The number of esters is 1. The first-order chi connectivity index (χ1) is 9.76. The Balaban J connectivity index is 1.95. The van der Waals surface area contributed by atoms with Gasteiger partial charge in [-0.1, -0.05) is 65.2 Å². The molecule has 0 N–H and O–H groups in total. The standard InChI is InChI=1S/C18H34O2/c1-3-5-6-7-8-9-10-11-16-12-14-17(15-13-16)20-18(19)4-2/h16-17H,3-15H2,1-2H3. The second-order valence-corrected chi connectivity index (χ2v) is 6.40. The molecule has 0 aromatic carbocycles. The lowest BCUT2D eigenvalue weighted by atomic mass is 9.84. The molecule has 1 aliphatic carbocycles. The zero-order chi connectivity index (χ0) is 14.6. The lowest BCUT2D eigenvalue weighted by Gasteiger charge is -2.28. The highest BCUT2D eigenvalue weighted by Gasteiger charge is 2.22. The first-order valence-corrected chi connectivity index (χ1v) is 8.95. The van der Waals surface area contributed by atoms with E-state index in [1.807, 2.05) is 6.92 Å². The van der Waals surface area contributed by atoms with Crippen molar-refractivity contribution in [2.75, 3.05) is 0 Å². The SMILES string of the molecule is CCCCCCCCCC1CCC(OC(=O)CC)CC1. The Hall–Kier alpha value is -0.530. The van der Waals surface area contributed by atoms with Gasteiger partial charge < -0.3 is 4.74 Å². The molecule has 2 heteroatoms. The largest absolute Gasteiger partial charge is 0.462 e. The Morgan fingerprint density at radius 3 is 2.10 bits per heavy atom. The van der Waals surface area contributed by atoms with Gasteiger partial charge in [-0.3, -0.25) is 4.79 Å². The van der Waals surface area contributed by atoms with Crippen molar-refractivity contribution in [3.63, 3.8) is 0 Å². The van der Waals surface area contributed by atoms with Crippen LogP contribution >= 0.6 is 0 Å². The minimum atomic E-state index is -0.0273. The van der Waals surface area contributed by atoms with Gasteiger partial charge in [-0.2, -0.15) is 0 Å². The maximum Gasteiger partial charge on any atom is 0.305 e. The Labute approximate surface area is 125 Å². The van der Waals surface area contributed by atoms with Gasteiger partial charge in [0.25, 0.3) is 0 Å². The van der Waals surface area contributed by atoms with Gasteiger partial charge in [0.15, 0.2) is 0 Å². The summed E-state index contributed by atoms with van der Waals surface area (Å²) in [4.78, 5) is 11.3. The summed E-state index contributed by atoms with van der Waals surface area (Å²) in [5.74, 6) is 0.864. The van der Waals surface area contributed by atoms with E-state index < -0.39 is 0 Å². The summed E-state index contributed by atoms with van der Waals surface area (Å²) in [7, 11) is 0. The Kier molecular flexibility index (Phi) is 9.78. The number of carbonyl (C=O) groups excluding carboxylic acids is 1. The Bertz CT molecular complexity index is 242. The van der Waals surface area contributed by atoms with Crippen molar-refractivity contribution in [2.45, 2.75) is 103 Å². The van der Waals surface area contributed by atoms with E-state index in [9.17, 15) is 4.79 Å². The number of carbonyl (C=O) groups is 1. The van der Waals surface area contributed by atoms with Crippen molar-refractivity contribution in [1.82, 2.24) is 0 Å². The number of unbranched alkanes of at least 4 members (excludes halogenated alkanes) is 6. The summed E-state index contributed by atoms with van der Waals surface area (Å²) in [6, 6.07) is 0. The van der Waals surface area contributed by atoms with Crippen LogP contribution in [0.3, 0.4) is 0 Å². The molecule has 0 amide bonds. The third kappa shape index (κ3) is 7.91. The highest BCUT2D eigenvalue weighted by molar-refractivity contribution is 5.69. The molecular weight excluding hydrogens is 248 g/mol. The van der Waals surface area contributed by atoms with Gasteiger partial charge in [-0.25, -0.2) is 0 Å². The molecule has 0 spiro atoms. The normalized spacial score (nSPS) is 22.7. The molecule has 0 bridgehead atoms. The summed E-state index contributed by atoms with van der Waals surface area (Å²) in [5, 5.41) is 0. The van der Waals surface area contributed by atoms with Crippen LogP contribution in [0.2, 0.25) is 0 Å². The fourth-order valence-electron chi connectivity index (χ4n) is 3.20. The van der Waals surface area contributed by atoms with Crippen molar-refractivity contribution in [3.05, 3.63) is 0 Å². The molecule has 1 rings (SSSR count). The van der Waals surface area contributed by atoms with Gasteiger partial charge in [0, 0.05) is 6.42 Å². The minimum Gasteiger partial charge on any atom is -0.462 e. The van der Waals surface area contributed by atoms with E-state index in [1.54, 1.807) is 0 Å². The van der Waals surface area contributed by atoms with Crippen molar-refractivity contribution >= 4 is 5.97 Å². The third-order valence-corrected chi connectivity index (χ3v) is 4.60. The second-order valence-electron chi connectivity index (χ2n) is 6.40. The molecule has 0 aromatic rings. The van der Waals surface area contributed by atoms with E-state index >= 15 is 0 Å². The summed E-state index contributed by atoms with van der Waals surface area (Å²) in [6.07, 6.45) is 16.6. The highest BCUT2D eigenvalue weighted by atomic mass is 16.5. The number of hydrogen-bond donors (Lipinski definition) is 0. The molecule has 118 valence electrons. The summed E-state index contributed by atoms with van der Waals surface area (Å²) in [5.41, 5.74) is 0. The summed E-state index contributed by atoms with van der Waals surface area (Å²) < 4.78 is 5.43. The fourth-order valence-corrected chi connectivity index (χ4v) is 3.20. The predicted octanol–water partition coefficient (Wildman–Crippen LogP) is 5.64. The van der Waals surface area contributed by atoms with Crippen molar-refractivity contribution in [2.24, 2.45) is 5.92 Å². The van der Waals surface area contributed by atoms with E-state index in [0.717, 1.165) is 18.8 Å². The molecule has 0 aromatic heterocycles. The molecule has 1 aliphatic rings. The average molecular weight is 282 g/mol. The van der Waals surface area contributed by atoms with E-state index in [-0.39, 0.29) is 12.1 Å².